The molecule has 9 heteroatoms. The Bertz CT molecular complexity index is 841. The molecule has 0 saturated heterocycles. The van der Waals surface area contributed by atoms with E-state index in [9.17, 15) is 20.1 Å². The first-order valence-corrected chi connectivity index (χ1v) is 8.43. The van der Waals surface area contributed by atoms with Gasteiger partial charge in [-0.3, -0.25) is 0 Å². The molecule has 1 heterocycles. The number of nitriles is 1. The summed E-state index contributed by atoms with van der Waals surface area (Å²) in [6, 6.07) is 6.53. The lowest BCUT2D eigenvalue weighted by Gasteiger charge is -2.27. The van der Waals surface area contributed by atoms with Gasteiger partial charge in [0, 0.05) is 0 Å². The van der Waals surface area contributed by atoms with Crippen LogP contribution < -0.4 is 15.9 Å². The monoisotopic (exact) mass is 372 g/mol. The molecule has 0 saturated carbocycles. The van der Waals surface area contributed by atoms with Crippen molar-refractivity contribution in [1.82, 2.24) is 0 Å². The lowest BCUT2D eigenvalue weighted by Crippen LogP contribution is -2.31. The molecule has 1 atom stereocenters. The van der Waals surface area contributed by atoms with Crippen LogP contribution in [0.25, 0.3) is 0 Å². The highest BCUT2D eigenvalue weighted by atomic mass is 16.5. The predicted molar refractivity (Wildman–Crippen MR) is 97.4 cm³/mol. The van der Waals surface area contributed by atoms with Gasteiger partial charge >= 0.3 is 13.1 Å². The van der Waals surface area contributed by atoms with Crippen molar-refractivity contribution in [2.24, 2.45) is 5.73 Å². The third-order valence-corrected chi connectivity index (χ3v) is 3.99. The summed E-state index contributed by atoms with van der Waals surface area (Å²) in [6.45, 7) is 5.49. The molecular weight excluding hydrogens is 351 g/mol. The van der Waals surface area contributed by atoms with Gasteiger partial charge in [0.25, 0.3) is 0 Å². The zero-order chi connectivity index (χ0) is 20.1. The molecule has 1 aromatic carbocycles. The molecule has 0 aromatic heterocycles. The Kier molecular flexibility index (Phi) is 6.50. The molecule has 142 valence electrons. The fraction of sp³-hybridized carbons (Fsp3) is 0.333. The van der Waals surface area contributed by atoms with Crippen LogP contribution in [0.5, 0.6) is 5.75 Å². The number of rotatable bonds is 6. The van der Waals surface area contributed by atoms with Crippen LogP contribution in [0.2, 0.25) is 0 Å². The Balaban J connectivity index is 2.70. The van der Waals surface area contributed by atoms with Crippen LogP contribution >= 0.6 is 0 Å². The first-order valence-electron chi connectivity index (χ1n) is 8.43. The third-order valence-electron chi connectivity index (χ3n) is 3.99. The van der Waals surface area contributed by atoms with E-state index in [-0.39, 0.29) is 34.9 Å². The molecule has 1 aliphatic heterocycles. The van der Waals surface area contributed by atoms with Gasteiger partial charge in [0.05, 0.1) is 24.7 Å². The highest BCUT2D eigenvalue weighted by Crippen LogP contribution is 2.40. The van der Waals surface area contributed by atoms with Crippen molar-refractivity contribution < 1.29 is 29.1 Å². The van der Waals surface area contributed by atoms with Gasteiger partial charge in [0.2, 0.25) is 5.88 Å². The predicted octanol–water partition coefficient (Wildman–Crippen LogP) is 0.410. The van der Waals surface area contributed by atoms with E-state index in [0.717, 1.165) is 0 Å². The van der Waals surface area contributed by atoms with E-state index >= 15 is 0 Å². The summed E-state index contributed by atoms with van der Waals surface area (Å²) in [7, 11) is -1.76. The number of carbonyl (C=O) groups is 1. The first-order chi connectivity index (χ1) is 12.8. The molecule has 1 aliphatic rings. The zero-order valence-corrected chi connectivity index (χ0v) is 15.4. The maximum absolute atomic E-state index is 12.5. The van der Waals surface area contributed by atoms with Gasteiger partial charge in [-0.15, -0.1) is 0 Å². The molecule has 0 fully saturated rings. The molecule has 0 bridgehead atoms. The number of hydrogen-bond acceptors (Lipinski definition) is 8. The summed E-state index contributed by atoms with van der Waals surface area (Å²) in [5, 5.41) is 28.8. The van der Waals surface area contributed by atoms with Crippen molar-refractivity contribution in [1.29, 1.82) is 5.26 Å². The highest BCUT2D eigenvalue weighted by molar-refractivity contribution is 6.58. The SMILES string of the molecule is CCOC(=O)C1=C(C)OC(N)=C(C#N)C1c1cc(OCC)cc(B(O)O)c1. The molecule has 1 aromatic rings. The van der Waals surface area contributed by atoms with E-state index in [2.05, 4.69) is 0 Å². The fourth-order valence-corrected chi connectivity index (χ4v) is 2.90. The van der Waals surface area contributed by atoms with Crippen LogP contribution in [-0.4, -0.2) is 36.3 Å². The second kappa shape index (κ2) is 8.62. The number of nitrogens with two attached hydrogens (primary N) is 1. The third kappa shape index (κ3) is 4.24. The molecule has 2 rings (SSSR count). The van der Waals surface area contributed by atoms with Crippen molar-refractivity contribution in [3.05, 3.63) is 46.6 Å². The largest absolute Gasteiger partial charge is 0.494 e. The van der Waals surface area contributed by atoms with Gasteiger partial charge in [0.15, 0.2) is 0 Å². The molecule has 27 heavy (non-hydrogen) atoms. The van der Waals surface area contributed by atoms with Crippen LogP contribution in [0.4, 0.5) is 0 Å². The van der Waals surface area contributed by atoms with Gasteiger partial charge < -0.3 is 30.0 Å². The van der Waals surface area contributed by atoms with Crippen LogP contribution in [-0.2, 0) is 14.3 Å². The summed E-state index contributed by atoms with van der Waals surface area (Å²) < 4.78 is 15.9. The highest BCUT2D eigenvalue weighted by Gasteiger charge is 2.37. The van der Waals surface area contributed by atoms with Gasteiger partial charge in [-0.1, -0.05) is 6.07 Å². The van der Waals surface area contributed by atoms with Crippen LogP contribution in [0.3, 0.4) is 0 Å². The Morgan fingerprint density at radius 3 is 2.59 bits per heavy atom. The lowest BCUT2D eigenvalue weighted by atomic mass is 9.75. The Morgan fingerprint density at radius 2 is 2.04 bits per heavy atom. The molecule has 0 spiro atoms. The number of carbonyl (C=O) groups excluding carboxylic acids is 1. The second-order valence-electron chi connectivity index (χ2n) is 5.76. The molecule has 0 radical (unpaired) electrons. The minimum absolute atomic E-state index is 0.0238. The maximum Gasteiger partial charge on any atom is 0.488 e. The van der Waals surface area contributed by atoms with Crippen molar-refractivity contribution in [2.45, 2.75) is 26.7 Å². The Labute approximate surface area is 157 Å². The first kappa shape index (κ1) is 20.4. The molecule has 0 amide bonds. The van der Waals surface area contributed by atoms with E-state index in [1.807, 2.05) is 6.07 Å². The summed E-state index contributed by atoms with van der Waals surface area (Å²) >= 11 is 0. The van der Waals surface area contributed by atoms with Gasteiger partial charge in [-0.25, -0.2) is 4.79 Å². The van der Waals surface area contributed by atoms with E-state index in [0.29, 0.717) is 17.9 Å². The molecule has 8 nitrogen and oxygen atoms in total. The molecule has 4 N–H and O–H groups in total. The number of nitrogens with zero attached hydrogens (tertiary/aromatic N) is 1. The quantitative estimate of drug-likeness (QED) is 0.483. The van der Waals surface area contributed by atoms with Crippen molar-refractivity contribution in [3.63, 3.8) is 0 Å². The average molecular weight is 372 g/mol. The normalized spacial score (nSPS) is 16.5. The van der Waals surface area contributed by atoms with Crippen LogP contribution in [0, 0.1) is 11.3 Å². The molecule has 1 unspecified atom stereocenters. The minimum atomic E-state index is -1.76. The van der Waals surface area contributed by atoms with Crippen molar-refractivity contribution in [3.8, 4) is 11.8 Å². The number of hydrogen-bond donors (Lipinski definition) is 3. The van der Waals surface area contributed by atoms with Gasteiger partial charge in [-0.05, 0) is 43.9 Å². The number of ether oxygens (including phenoxy) is 3. The standard InChI is InChI=1S/C18H21BN2O6/c1-4-25-13-7-11(6-12(8-13)19(23)24)16-14(9-20)17(21)27-10(3)15(16)18(22)26-5-2/h6-8,16,23-24H,4-5,21H2,1-3H3. The summed E-state index contributed by atoms with van der Waals surface area (Å²) in [5.41, 5.74) is 6.58. The summed E-state index contributed by atoms with van der Waals surface area (Å²) in [5.74, 6) is -1.08. The van der Waals surface area contributed by atoms with E-state index in [4.69, 9.17) is 19.9 Å². The fourth-order valence-electron chi connectivity index (χ4n) is 2.90. The number of allylic oxidation sites excluding steroid dienone is 2. The zero-order valence-electron chi connectivity index (χ0n) is 15.4. The molecule has 0 aliphatic carbocycles. The van der Waals surface area contributed by atoms with Gasteiger partial charge in [-0.2, -0.15) is 5.26 Å². The van der Waals surface area contributed by atoms with Gasteiger partial charge in [0.1, 0.15) is 23.2 Å². The van der Waals surface area contributed by atoms with E-state index in [1.54, 1.807) is 26.8 Å². The minimum Gasteiger partial charge on any atom is -0.494 e. The Hall–Kier alpha value is -2.96. The smallest absolute Gasteiger partial charge is 0.488 e. The topological polar surface area (TPSA) is 135 Å². The molecular formula is C18H21BN2O6. The summed E-state index contributed by atoms with van der Waals surface area (Å²) in [4.78, 5) is 12.5. The van der Waals surface area contributed by atoms with Crippen LogP contribution in [0.1, 0.15) is 32.3 Å². The van der Waals surface area contributed by atoms with Crippen molar-refractivity contribution >= 4 is 18.6 Å². The summed E-state index contributed by atoms with van der Waals surface area (Å²) in [6.07, 6.45) is 0. The van der Waals surface area contributed by atoms with Crippen LogP contribution in [0.15, 0.2) is 41.0 Å². The average Bonchev–Trinajstić information content (AvgIpc) is 2.61. The van der Waals surface area contributed by atoms with E-state index in [1.165, 1.54) is 12.1 Å². The lowest BCUT2D eigenvalue weighted by molar-refractivity contribution is -0.139. The number of benzene rings is 1. The van der Waals surface area contributed by atoms with Crippen molar-refractivity contribution in [2.75, 3.05) is 13.2 Å². The number of esters is 1. The Morgan fingerprint density at radius 1 is 1.33 bits per heavy atom. The second-order valence-corrected chi connectivity index (χ2v) is 5.76. The van der Waals surface area contributed by atoms with E-state index < -0.39 is 19.0 Å². The maximum atomic E-state index is 12.5.